The van der Waals surface area contributed by atoms with Crippen molar-refractivity contribution in [3.63, 3.8) is 0 Å². The minimum absolute atomic E-state index is 0.135. The van der Waals surface area contributed by atoms with Gasteiger partial charge in [0.2, 0.25) is 11.8 Å². The fourth-order valence-electron chi connectivity index (χ4n) is 1.46. The monoisotopic (exact) mass is 280 g/mol. The van der Waals surface area contributed by atoms with Crippen molar-refractivity contribution in [2.75, 3.05) is 12.3 Å². The molecule has 104 valence electrons. The third-order valence-corrected chi connectivity index (χ3v) is 3.52. The number of likely N-dealkylation sites (N-methyl/N-ethyl adjacent to an activating group) is 1. The predicted molar refractivity (Wildman–Crippen MR) is 78.2 cm³/mol. The lowest BCUT2D eigenvalue weighted by Crippen LogP contribution is -2.45. The van der Waals surface area contributed by atoms with Crippen molar-refractivity contribution < 1.29 is 9.59 Å². The maximum absolute atomic E-state index is 11.7. The molecule has 0 aromatic heterocycles. The second kappa shape index (κ2) is 7.84. The lowest BCUT2D eigenvalue weighted by Gasteiger charge is -2.13. The molecular formula is C14H20N2O2S. The van der Waals surface area contributed by atoms with Gasteiger partial charge in [-0.15, -0.1) is 11.8 Å². The lowest BCUT2D eigenvalue weighted by molar-refractivity contribution is -0.127. The molecule has 0 saturated heterocycles. The minimum atomic E-state index is -0.494. The smallest absolute Gasteiger partial charge is 0.242 e. The van der Waals surface area contributed by atoms with Crippen molar-refractivity contribution in [1.29, 1.82) is 0 Å². The van der Waals surface area contributed by atoms with Crippen molar-refractivity contribution in [2.24, 2.45) is 0 Å². The Morgan fingerprint density at radius 2 is 1.89 bits per heavy atom. The molecule has 5 heteroatoms. The molecule has 0 fully saturated rings. The van der Waals surface area contributed by atoms with Crippen LogP contribution in [0.25, 0.3) is 0 Å². The van der Waals surface area contributed by atoms with Crippen LogP contribution >= 0.6 is 11.8 Å². The minimum Gasteiger partial charge on any atom is -0.355 e. The van der Waals surface area contributed by atoms with Crippen LogP contribution in [-0.2, 0) is 9.59 Å². The summed E-state index contributed by atoms with van der Waals surface area (Å²) in [4.78, 5) is 24.2. The quantitative estimate of drug-likeness (QED) is 0.780. The van der Waals surface area contributed by atoms with Crippen LogP contribution in [0.2, 0.25) is 0 Å². The maximum Gasteiger partial charge on any atom is 0.242 e. The number of carbonyl (C=O) groups is 2. The third kappa shape index (κ3) is 5.79. The number of hydrogen-bond acceptors (Lipinski definition) is 3. The number of hydrogen-bond donors (Lipinski definition) is 2. The first-order chi connectivity index (χ1) is 9.02. The molecule has 1 atom stereocenters. The Bertz CT molecular complexity index is 432. The zero-order valence-corrected chi connectivity index (χ0v) is 12.3. The van der Waals surface area contributed by atoms with Gasteiger partial charge in [-0.2, -0.15) is 0 Å². The summed E-state index contributed by atoms with van der Waals surface area (Å²) >= 11 is 1.46. The summed E-state index contributed by atoms with van der Waals surface area (Å²) in [5.41, 5.74) is 1.19. The normalized spacial score (nSPS) is 11.7. The van der Waals surface area contributed by atoms with E-state index in [1.54, 1.807) is 6.92 Å². The number of rotatable bonds is 6. The summed E-state index contributed by atoms with van der Waals surface area (Å²) in [5, 5.41) is 5.34. The summed E-state index contributed by atoms with van der Waals surface area (Å²) in [7, 11) is 0. The van der Waals surface area contributed by atoms with E-state index in [4.69, 9.17) is 0 Å². The fraction of sp³-hybridized carbons (Fsp3) is 0.429. The van der Waals surface area contributed by atoms with E-state index >= 15 is 0 Å². The Morgan fingerprint density at radius 3 is 2.47 bits per heavy atom. The first-order valence-corrected chi connectivity index (χ1v) is 7.28. The van der Waals surface area contributed by atoms with Gasteiger partial charge >= 0.3 is 0 Å². The highest BCUT2D eigenvalue weighted by atomic mass is 32.2. The first-order valence-electron chi connectivity index (χ1n) is 6.29. The van der Waals surface area contributed by atoms with E-state index in [1.807, 2.05) is 38.1 Å². The molecule has 1 aromatic rings. The average molecular weight is 280 g/mol. The molecule has 0 heterocycles. The molecule has 1 rings (SSSR count). The second-order valence-corrected chi connectivity index (χ2v) is 5.33. The van der Waals surface area contributed by atoms with E-state index in [0.717, 1.165) is 4.90 Å². The van der Waals surface area contributed by atoms with Gasteiger partial charge in [0.05, 0.1) is 5.75 Å². The SMILES string of the molecule is CCNC(=O)C(C)NC(=O)CSc1ccc(C)cc1. The van der Waals surface area contributed by atoms with Crippen LogP contribution in [0, 0.1) is 6.92 Å². The van der Waals surface area contributed by atoms with Gasteiger partial charge in [-0.25, -0.2) is 0 Å². The Labute approximate surface area is 118 Å². The molecule has 1 aromatic carbocycles. The van der Waals surface area contributed by atoms with Crippen LogP contribution in [-0.4, -0.2) is 30.2 Å². The summed E-state index contributed by atoms with van der Waals surface area (Å²) in [6, 6.07) is 7.50. The Balaban J connectivity index is 2.35. The lowest BCUT2D eigenvalue weighted by atomic mass is 10.2. The number of carbonyl (C=O) groups excluding carboxylic acids is 2. The molecule has 0 bridgehead atoms. The summed E-state index contributed by atoms with van der Waals surface area (Å²) in [6.07, 6.45) is 0. The van der Waals surface area contributed by atoms with E-state index < -0.39 is 6.04 Å². The topological polar surface area (TPSA) is 58.2 Å². The molecule has 0 saturated carbocycles. The zero-order chi connectivity index (χ0) is 14.3. The first kappa shape index (κ1) is 15.6. The highest BCUT2D eigenvalue weighted by Gasteiger charge is 2.14. The molecule has 0 spiro atoms. The van der Waals surface area contributed by atoms with Crippen LogP contribution in [0.5, 0.6) is 0 Å². The van der Waals surface area contributed by atoms with E-state index in [9.17, 15) is 9.59 Å². The highest BCUT2D eigenvalue weighted by Crippen LogP contribution is 2.17. The Morgan fingerprint density at radius 1 is 1.26 bits per heavy atom. The largest absolute Gasteiger partial charge is 0.355 e. The predicted octanol–water partition coefficient (Wildman–Crippen LogP) is 1.73. The van der Waals surface area contributed by atoms with Crippen molar-refractivity contribution in [3.8, 4) is 0 Å². The number of nitrogens with one attached hydrogen (secondary N) is 2. The van der Waals surface area contributed by atoms with Gasteiger partial charge < -0.3 is 10.6 Å². The Kier molecular flexibility index (Phi) is 6.42. The molecule has 0 aliphatic heterocycles. The van der Waals surface area contributed by atoms with Crippen LogP contribution in [0.3, 0.4) is 0 Å². The van der Waals surface area contributed by atoms with Crippen molar-refractivity contribution in [2.45, 2.75) is 31.7 Å². The molecule has 0 aliphatic rings. The molecule has 4 nitrogen and oxygen atoms in total. The van der Waals surface area contributed by atoms with Gasteiger partial charge in [0.25, 0.3) is 0 Å². The number of aryl methyl sites for hydroxylation is 1. The molecule has 2 amide bonds. The van der Waals surface area contributed by atoms with Crippen LogP contribution < -0.4 is 10.6 Å². The fourth-order valence-corrected chi connectivity index (χ4v) is 2.17. The number of amides is 2. The maximum atomic E-state index is 11.7. The second-order valence-electron chi connectivity index (χ2n) is 4.29. The summed E-state index contributed by atoms with van der Waals surface area (Å²) < 4.78 is 0. The van der Waals surface area contributed by atoms with Crippen molar-refractivity contribution >= 4 is 23.6 Å². The standard InChI is InChI=1S/C14H20N2O2S/c1-4-15-14(18)11(3)16-13(17)9-19-12-7-5-10(2)6-8-12/h5-8,11H,4,9H2,1-3H3,(H,15,18)(H,16,17). The van der Waals surface area contributed by atoms with E-state index in [1.165, 1.54) is 17.3 Å². The molecular weight excluding hydrogens is 260 g/mol. The van der Waals surface area contributed by atoms with Gasteiger partial charge in [-0.3, -0.25) is 9.59 Å². The summed E-state index contributed by atoms with van der Waals surface area (Å²) in [5.74, 6) is 0.0211. The number of benzene rings is 1. The van der Waals surface area contributed by atoms with Crippen LogP contribution in [0.1, 0.15) is 19.4 Å². The molecule has 19 heavy (non-hydrogen) atoms. The summed E-state index contributed by atoms with van der Waals surface area (Å²) in [6.45, 7) is 6.12. The molecule has 0 aliphatic carbocycles. The van der Waals surface area contributed by atoms with E-state index in [2.05, 4.69) is 10.6 Å². The molecule has 0 radical (unpaired) electrons. The average Bonchev–Trinajstić information content (AvgIpc) is 2.38. The van der Waals surface area contributed by atoms with Gasteiger partial charge in [0.15, 0.2) is 0 Å². The van der Waals surface area contributed by atoms with Crippen LogP contribution in [0.4, 0.5) is 0 Å². The van der Waals surface area contributed by atoms with E-state index in [-0.39, 0.29) is 11.8 Å². The van der Waals surface area contributed by atoms with Gasteiger partial charge in [-0.1, -0.05) is 17.7 Å². The molecule has 1 unspecified atom stereocenters. The van der Waals surface area contributed by atoms with Crippen molar-refractivity contribution in [3.05, 3.63) is 29.8 Å². The van der Waals surface area contributed by atoms with Crippen LogP contribution in [0.15, 0.2) is 29.2 Å². The van der Waals surface area contributed by atoms with Gasteiger partial charge in [-0.05, 0) is 32.9 Å². The van der Waals surface area contributed by atoms with Gasteiger partial charge in [0, 0.05) is 11.4 Å². The Hall–Kier alpha value is -1.49. The van der Waals surface area contributed by atoms with Gasteiger partial charge in [0.1, 0.15) is 6.04 Å². The van der Waals surface area contributed by atoms with E-state index in [0.29, 0.717) is 12.3 Å². The zero-order valence-electron chi connectivity index (χ0n) is 11.5. The van der Waals surface area contributed by atoms with Crippen molar-refractivity contribution in [1.82, 2.24) is 10.6 Å². The number of thioether (sulfide) groups is 1. The highest BCUT2D eigenvalue weighted by molar-refractivity contribution is 8.00. The molecule has 2 N–H and O–H groups in total. The third-order valence-electron chi connectivity index (χ3n) is 2.51.